The second-order valence-corrected chi connectivity index (χ2v) is 5.22. The van der Waals surface area contributed by atoms with Crippen molar-refractivity contribution in [2.45, 2.75) is 18.9 Å². The third-order valence-corrected chi connectivity index (χ3v) is 3.64. The Morgan fingerprint density at radius 2 is 2.10 bits per heavy atom. The molecule has 1 aromatic rings. The molecule has 1 heterocycles. The molecule has 0 aromatic heterocycles. The molecule has 21 heavy (non-hydrogen) atoms. The summed E-state index contributed by atoms with van der Waals surface area (Å²) in [5, 5.41) is 3.09. The van der Waals surface area contributed by atoms with Crippen molar-refractivity contribution in [1.29, 1.82) is 0 Å². The summed E-state index contributed by atoms with van der Waals surface area (Å²) in [5.41, 5.74) is 11.6. The lowest BCUT2D eigenvalue weighted by Crippen LogP contribution is -2.48. The van der Waals surface area contributed by atoms with Crippen molar-refractivity contribution < 1.29 is 14.4 Å². The van der Waals surface area contributed by atoms with E-state index in [0.717, 1.165) is 4.90 Å². The molecule has 1 aromatic carbocycles. The number of carbonyl (C=O) groups excluding carboxylic acids is 3. The van der Waals surface area contributed by atoms with Gasteiger partial charge in [0, 0.05) is 19.2 Å². The van der Waals surface area contributed by atoms with Crippen molar-refractivity contribution in [2.24, 2.45) is 5.73 Å². The molecule has 1 aliphatic rings. The zero-order chi connectivity index (χ0) is 15.7. The van der Waals surface area contributed by atoms with Gasteiger partial charge in [0.15, 0.2) is 0 Å². The molecule has 0 aliphatic carbocycles. The molecule has 0 spiro atoms. The number of likely N-dealkylation sites (tertiary alicyclic amines) is 1. The van der Waals surface area contributed by atoms with Crippen LogP contribution in [0.2, 0.25) is 5.02 Å². The molecule has 1 aliphatic heterocycles. The van der Waals surface area contributed by atoms with E-state index in [0.29, 0.717) is 12.1 Å². The molecule has 8 heteroatoms. The molecule has 5 N–H and O–H groups in total. The number of likely N-dealkylation sites (N-methyl/N-ethyl adjacent to an activating group) is 1. The molecule has 1 atom stereocenters. The highest BCUT2D eigenvalue weighted by atomic mass is 35.5. The summed E-state index contributed by atoms with van der Waals surface area (Å²) in [6.07, 6.45) is 0.555. The number of nitrogens with one attached hydrogen (secondary N) is 1. The highest BCUT2D eigenvalue weighted by Gasteiger charge is 2.32. The van der Waals surface area contributed by atoms with Crippen LogP contribution in [0.4, 0.5) is 11.4 Å². The van der Waals surface area contributed by atoms with Gasteiger partial charge >= 0.3 is 0 Å². The van der Waals surface area contributed by atoms with Crippen LogP contribution >= 0.6 is 11.6 Å². The predicted octanol–water partition coefficient (Wildman–Crippen LogP) is 0.580. The van der Waals surface area contributed by atoms with Crippen LogP contribution in [0, 0.1) is 0 Å². The molecule has 1 saturated heterocycles. The van der Waals surface area contributed by atoms with Crippen LogP contribution in [-0.2, 0) is 9.59 Å². The Labute approximate surface area is 126 Å². The van der Waals surface area contributed by atoms with Crippen LogP contribution in [0.5, 0.6) is 0 Å². The maximum atomic E-state index is 12.1. The van der Waals surface area contributed by atoms with Crippen molar-refractivity contribution in [3.63, 3.8) is 0 Å². The number of benzene rings is 1. The smallest absolute Gasteiger partial charge is 0.251 e. The van der Waals surface area contributed by atoms with Gasteiger partial charge in [-0.2, -0.15) is 0 Å². The van der Waals surface area contributed by atoms with Gasteiger partial charge in [-0.1, -0.05) is 11.6 Å². The fourth-order valence-corrected chi connectivity index (χ4v) is 2.47. The fraction of sp³-hybridized carbons (Fsp3) is 0.308. The van der Waals surface area contributed by atoms with Crippen LogP contribution in [0.15, 0.2) is 12.1 Å². The number of carbonyl (C=O) groups is 3. The van der Waals surface area contributed by atoms with Gasteiger partial charge in [-0.3, -0.25) is 19.3 Å². The van der Waals surface area contributed by atoms with Crippen molar-refractivity contribution in [3.8, 4) is 0 Å². The standard InChI is InChI=1S/C13H15ClN4O3/c1-18-10(19)3-2-9(13(18)21)17-11-7(12(16)20)4-6(15)5-8(11)14/h4-5,9,17H,2-3,15H2,1H3,(H2,16,20). The third-order valence-electron chi connectivity index (χ3n) is 3.35. The van der Waals surface area contributed by atoms with Gasteiger partial charge in [0.25, 0.3) is 11.8 Å². The first-order valence-electron chi connectivity index (χ1n) is 6.27. The predicted molar refractivity (Wildman–Crippen MR) is 78.8 cm³/mol. The van der Waals surface area contributed by atoms with E-state index < -0.39 is 11.9 Å². The maximum absolute atomic E-state index is 12.1. The minimum absolute atomic E-state index is 0.104. The Kier molecular flexibility index (Phi) is 4.04. The Morgan fingerprint density at radius 1 is 1.43 bits per heavy atom. The summed E-state index contributed by atoms with van der Waals surface area (Å²) in [7, 11) is 1.41. The molecule has 0 saturated carbocycles. The van der Waals surface area contributed by atoms with Gasteiger partial charge in [0.05, 0.1) is 16.3 Å². The van der Waals surface area contributed by atoms with Gasteiger partial charge in [0.2, 0.25) is 5.91 Å². The van der Waals surface area contributed by atoms with Crippen LogP contribution in [-0.4, -0.2) is 35.7 Å². The number of amides is 3. The van der Waals surface area contributed by atoms with Crippen molar-refractivity contribution in [3.05, 3.63) is 22.7 Å². The zero-order valence-corrected chi connectivity index (χ0v) is 12.1. The first kappa shape index (κ1) is 15.1. The number of nitrogens with zero attached hydrogens (tertiary/aromatic N) is 1. The van der Waals surface area contributed by atoms with E-state index in [9.17, 15) is 14.4 Å². The molecule has 0 bridgehead atoms. The fourth-order valence-electron chi connectivity index (χ4n) is 2.19. The summed E-state index contributed by atoms with van der Waals surface area (Å²) in [4.78, 5) is 36.0. The number of hydrogen-bond acceptors (Lipinski definition) is 5. The normalized spacial score (nSPS) is 18.8. The van der Waals surface area contributed by atoms with Gasteiger partial charge in [-0.05, 0) is 18.6 Å². The highest BCUT2D eigenvalue weighted by Crippen LogP contribution is 2.31. The second-order valence-electron chi connectivity index (χ2n) is 4.82. The van der Waals surface area contributed by atoms with Gasteiger partial charge in [-0.15, -0.1) is 0 Å². The summed E-state index contributed by atoms with van der Waals surface area (Å²) in [6, 6.07) is 2.20. The summed E-state index contributed by atoms with van der Waals surface area (Å²) >= 11 is 6.07. The summed E-state index contributed by atoms with van der Waals surface area (Å²) < 4.78 is 0. The number of nitrogen functional groups attached to an aromatic ring is 1. The molecular weight excluding hydrogens is 296 g/mol. The lowest BCUT2D eigenvalue weighted by atomic mass is 10.0. The van der Waals surface area contributed by atoms with Crippen molar-refractivity contribution >= 4 is 40.7 Å². The second kappa shape index (κ2) is 5.61. The Bertz CT molecular complexity index is 632. The third kappa shape index (κ3) is 2.92. The summed E-state index contributed by atoms with van der Waals surface area (Å²) in [6.45, 7) is 0. The van der Waals surface area contributed by atoms with Crippen LogP contribution in [0.25, 0.3) is 0 Å². The number of rotatable bonds is 3. The molecule has 1 unspecified atom stereocenters. The molecule has 2 rings (SSSR count). The first-order valence-corrected chi connectivity index (χ1v) is 6.64. The minimum atomic E-state index is -0.709. The van der Waals surface area contributed by atoms with E-state index in [1.165, 1.54) is 19.2 Å². The Balaban J connectivity index is 2.34. The molecule has 112 valence electrons. The molecule has 0 radical (unpaired) electrons. The van der Waals surface area contributed by atoms with Crippen LogP contribution in [0.1, 0.15) is 23.2 Å². The maximum Gasteiger partial charge on any atom is 0.251 e. The number of imide groups is 1. The van der Waals surface area contributed by atoms with Crippen LogP contribution < -0.4 is 16.8 Å². The zero-order valence-electron chi connectivity index (χ0n) is 11.4. The van der Waals surface area contributed by atoms with E-state index in [2.05, 4.69) is 5.32 Å². The monoisotopic (exact) mass is 310 g/mol. The molecular formula is C13H15ClN4O3. The van der Waals surface area contributed by atoms with E-state index in [4.69, 9.17) is 23.1 Å². The average molecular weight is 311 g/mol. The number of anilines is 2. The highest BCUT2D eigenvalue weighted by molar-refractivity contribution is 6.34. The quantitative estimate of drug-likeness (QED) is 0.557. The van der Waals surface area contributed by atoms with E-state index in [1.54, 1.807) is 0 Å². The van der Waals surface area contributed by atoms with Gasteiger partial charge in [0.1, 0.15) is 6.04 Å². The van der Waals surface area contributed by atoms with Gasteiger partial charge < -0.3 is 16.8 Å². The first-order chi connectivity index (χ1) is 9.81. The lowest BCUT2D eigenvalue weighted by Gasteiger charge is -2.29. The SMILES string of the molecule is CN1C(=O)CCC(Nc2c(Cl)cc(N)cc2C(N)=O)C1=O. The molecule has 7 nitrogen and oxygen atoms in total. The molecule has 1 fully saturated rings. The number of primary amides is 1. The Hall–Kier alpha value is -2.28. The van der Waals surface area contributed by atoms with Crippen molar-refractivity contribution in [2.75, 3.05) is 18.1 Å². The minimum Gasteiger partial charge on any atom is -0.399 e. The topological polar surface area (TPSA) is 119 Å². The average Bonchev–Trinajstić information content (AvgIpc) is 2.41. The summed E-state index contributed by atoms with van der Waals surface area (Å²) in [5.74, 6) is -1.33. The van der Waals surface area contributed by atoms with E-state index in [1.807, 2.05) is 0 Å². The number of halogens is 1. The van der Waals surface area contributed by atoms with Crippen LogP contribution in [0.3, 0.4) is 0 Å². The molecule has 3 amide bonds. The van der Waals surface area contributed by atoms with Gasteiger partial charge in [-0.25, -0.2) is 0 Å². The number of hydrogen-bond donors (Lipinski definition) is 3. The lowest BCUT2D eigenvalue weighted by molar-refractivity contribution is -0.146. The van der Waals surface area contributed by atoms with Crippen molar-refractivity contribution in [1.82, 2.24) is 4.90 Å². The van der Waals surface area contributed by atoms with E-state index >= 15 is 0 Å². The largest absolute Gasteiger partial charge is 0.399 e. The Morgan fingerprint density at radius 3 is 2.71 bits per heavy atom. The van der Waals surface area contributed by atoms with E-state index in [-0.39, 0.29) is 34.5 Å². The number of piperidine rings is 1. The number of nitrogens with two attached hydrogens (primary N) is 2.